The summed E-state index contributed by atoms with van der Waals surface area (Å²) in [5.74, 6) is 1.75. The van der Waals surface area contributed by atoms with Crippen molar-refractivity contribution in [2.24, 2.45) is 0 Å². The third kappa shape index (κ3) is 5.48. The van der Waals surface area contributed by atoms with Crippen molar-refractivity contribution in [3.63, 3.8) is 0 Å². The Balaban J connectivity index is 1.50. The second-order valence-electron chi connectivity index (χ2n) is 5.35. The van der Waals surface area contributed by atoms with Crippen LogP contribution in [0.4, 0.5) is 0 Å². The molecule has 3 rings (SSSR count). The molecule has 0 radical (unpaired) electrons. The van der Waals surface area contributed by atoms with E-state index in [4.69, 9.17) is 25.5 Å². The fourth-order valence-electron chi connectivity index (χ4n) is 2.17. The molecule has 3 aromatic rings. The van der Waals surface area contributed by atoms with Crippen LogP contribution in [0.25, 0.3) is 0 Å². The molecule has 1 aromatic heterocycles. The third-order valence-corrected chi connectivity index (χ3v) is 4.58. The van der Waals surface area contributed by atoms with Crippen LogP contribution >= 0.6 is 23.4 Å². The van der Waals surface area contributed by atoms with Crippen LogP contribution in [0, 0.1) is 0 Å². The van der Waals surface area contributed by atoms with Crippen molar-refractivity contribution < 1.29 is 18.7 Å². The molecule has 140 valence electrons. The summed E-state index contributed by atoms with van der Waals surface area (Å²) in [7, 11) is 0. The molecule has 0 spiro atoms. The van der Waals surface area contributed by atoms with Crippen LogP contribution in [0.5, 0.6) is 11.5 Å². The van der Waals surface area contributed by atoms with Crippen molar-refractivity contribution in [3.8, 4) is 11.5 Å². The minimum atomic E-state index is -0.0323. The van der Waals surface area contributed by atoms with Gasteiger partial charge < -0.3 is 13.9 Å². The summed E-state index contributed by atoms with van der Waals surface area (Å²) >= 11 is 7.21. The van der Waals surface area contributed by atoms with Gasteiger partial charge in [-0.05, 0) is 43.3 Å². The van der Waals surface area contributed by atoms with Crippen molar-refractivity contribution >= 4 is 29.1 Å². The first-order chi connectivity index (χ1) is 13.2. The minimum absolute atomic E-state index is 0.0323. The molecule has 6 nitrogen and oxygen atoms in total. The van der Waals surface area contributed by atoms with Crippen LogP contribution in [0.1, 0.15) is 23.2 Å². The van der Waals surface area contributed by atoms with Crippen molar-refractivity contribution in [2.45, 2.75) is 18.8 Å². The molecule has 2 aromatic carbocycles. The summed E-state index contributed by atoms with van der Waals surface area (Å²) < 4.78 is 16.4. The summed E-state index contributed by atoms with van der Waals surface area (Å²) in [5, 5.41) is 8.65. The number of carbonyl (C=O) groups is 1. The highest BCUT2D eigenvalue weighted by Gasteiger charge is 2.12. The van der Waals surface area contributed by atoms with E-state index >= 15 is 0 Å². The predicted octanol–water partition coefficient (Wildman–Crippen LogP) is 4.68. The van der Waals surface area contributed by atoms with Crippen LogP contribution in [-0.4, -0.2) is 28.3 Å². The van der Waals surface area contributed by atoms with Gasteiger partial charge in [-0.15, -0.1) is 10.2 Å². The van der Waals surface area contributed by atoms with Crippen molar-refractivity contribution in [2.75, 3.05) is 12.4 Å². The zero-order chi connectivity index (χ0) is 19.1. The van der Waals surface area contributed by atoms with Gasteiger partial charge in [0.05, 0.1) is 17.4 Å². The molecule has 0 aliphatic rings. The van der Waals surface area contributed by atoms with E-state index in [1.54, 1.807) is 36.4 Å². The Kier molecular flexibility index (Phi) is 6.73. The number of thioether (sulfide) groups is 1. The van der Waals surface area contributed by atoms with E-state index < -0.39 is 0 Å². The van der Waals surface area contributed by atoms with E-state index in [9.17, 15) is 4.79 Å². The summed E-state index contributed by atoms with van der Waals surface area (Å²) in [6.45, 7) is 2.60. The van der Waals surface area contributed by atoms with Crippen LogP contribution < -0.4 is 9.47 Å². The molecule has 0 bridgehead atoms. The van der Waals surface area contributed by atoms with Gasteiger partial charge in [-0.3, -0.25) is 4.79 Å². The normalized spacial score (nSPS) is 10.6. The predicted molar refractivity (Wildman–Crippen MR) is 103 cm³/mol. The van der Waals surface area contributed by atoms with Crippen LogP contribution in [0.3, 0.4) is 0 Å². The number of nitrogens with zero attached hydrogens (tertiary/aromatic N) is 2. The molecule has 0 N–H and O–H groups in total. The maximum atomic E-state index is 12.3. The molecule has 0 fully saturated rings. The number of hydrogen-bond acceptors (Lipinski definition) is 7. The second-order valence-corrected chi connectivity index (χ2v) is 6.68. The van der Waals surface area contributed by atoms with Gasteiger partial charge >= 0.3 is 0 Å². The fraction of sp³-hybridized carbons (Fsp3) is 0.211. The topological polar surface area (TPSA) is 74.5 Å². The van der Waals surface area contributed by atoms with Crippen LogP contribution in [-0.2, 0) is 6.61 Å². The lowest BCUT2D eigenvalue weighted by Gasteiger charge is -2.04. The van der Waals surface area contributed by atoms with E-state index in [1.165, 1.54) is 11.8 Å². The molecule has 0 aliphatic carbocycles. The average Bonchev–Trinajstić information content (AvgIpc) is 3.14. The van der Waals surface area contributed by atoms with Crippen LogP contribution in [0.15, 0.2) is 58.2 Å². The first kappa shape index (κ1) is 19.3. The summed E-state index contributed by atoms with van der Waals surface area (Å²) in [4.78, 5) is 12.3. The number of benzene rings is 2. The standard InChI is InChI=1S/C19H17ClN2O4S/c1-2-24-14-9-7-13(8-10-14)16(23)12-27-19-22-21-18(26-19)11-25-17-6-4-3-5-15(17)20/h3-10H,2,11-12H2,1H3. The van der Waals surface area contributed by atoms with Gasteiger partial charge in [0.25, 0.3) is 11.1 Å². The summed E-state index contributed by atoms with van der Waals surface area (Å²) in [5.41, 5.74) is 0.604. The molecule has 27 heavy (non-hydrogen) atoms. The number of rotatable bonds is 9. The van der Waals surface area contributed by atoms with Crippen molar-refractivity contribution in [3.05, 3.63) is 65.0 Å². The molecule has 0 saturated carbocycles. The Labute approximate surface area is 165 Å². The lowest BCUT2D eigenvalue weighted by atomic mass is 10.1. The molecule has 0 atom stereocenters. The molecule has 0 amide bonds. The number of hydrogen-bond donors (Lipinski definition) is 0. The Bertz CT molecular complexity index is 899. The van der Waals surface area contributed by atoms with Crippen molar-refractivity contribution in [1.82, 2.24) is 10.2 Å². The largest absolute Gasteiger partial charge is 0.494 e. The van der Waals surface area contributed by atoms with E-state index in [-0.39, 0.29) is 18.1 Å². The number of carbonyl (C=O) groups excluding carboxylic acids is 1. The minimum Gasteiger partial charge on any atom is -0.494 e. The molecule has 0 unspecified atom stereocenters. The summed E-state index contributed by atoms with van der Waals surface area (Å²) in [6, 6.07) is 14.2. The lowest BCUT2D eigenvalue weighted by molar-refractivity contribution is 0.102. The Morgan fingerprint density at radius 3 is 2.63 bits per heavy atom. The molecule has 1 heterocycles. The number of para-hydroxylation sites is 1. The SMILES string of the molecule is CCOc1ccc(C(=O)CSc2nnc(COc3ccccc3Cl)o2)cc1. The third-order valence-electron chi connectivity index (χ3n) is 3.45. The quantitative estimate of drug-likeness (QED) is 0.378. The fourth-order valence-corrected chi connectivity index (χ4v) is 3.04. The maximum Gasteiger partial charge on any atom is 0.277 e. The van der Waals surface area contributed by atoms with Gasteiger partial charge in [0, 0.05) is 5.56 Å². The Morgan fingerprint density at radius 2 is 1.89 bits per heavy atom. The Hall–Kier alpha value is -2.51. The molecule has 0 saturated heterocycles. The van der Waals surface area contributed by atoms with E-state index in [0.717, 1.165) is 5.75 Å². The smallest absolute Gasteiger partial charge is 0.277 e. The first-order valence-electron chi connectivity index (χ1n) is 8.24. The maximum absolute atomic E-state index is 12.3. The average molecular weight is 405 g/mol. The monoisotopic (exact) mass is 404 g/mol. The van der Waals surface area contributed by atoms with Gasteiger partial charge in [-0.1, -0.05) is 35.5 Å². The van der Waals surface area contributed by atoms with Gasteiger partial charge in [0.15, 0.2) is 12.4 Å². The highest BCUT2D eigenvalue weighted by atomic mass is 35.5. The molecule has 8 heteroatoms. The van der Waals surface area contributed by atoms with Crippen LogP contribution in [0.2, 0.25) is 5.02 Å². The van der Waals surface area contributed by atoms with E-state index in [1.807, 2.05) is 19.1 Å². The summed E-state index contributed by atoms with van der Waals surface area (Å²) in [6.07, 6.45) is 0. The zero-order valence-electron chi connectivity index (χ0n) is 14.6. The van der Waals surface area contributed by atoms with Gasteiger partial charge in [0.1, 0.15) is 11.5 Å². The molecular weight excluding hydrogens is 388 g/mol. The van der Waals surface area contributed by atoms with Gasteiger partial charge in [0.2, 0.25) is 0 Å². The second kappa shape index (κ2) is 9.43. The van der Waals surface area contributed by atoms with Gasteiger partial charge in [-0.25, -0.2) is 0 Å². The zero-order valence-corrected chi connectivity index (χ0v) is 16.1. The number of halogens is 1. The highest BCUT2D eigenvalue weighted by molar-refractivity contribution is 7.99. The first-order valence-corrected chi connectivity index (χ1v) is 9.60. The lowest BCUT2D eigenvalue weighted by Crippen LogP contribution is -2.02. The van der Waals surface area contributed by atoms with E-state index in [2.05, 4.69) is 10.2 Å². The number of aromatic nitrogens is 2. The number of ether oxygens (including phenoxy) is 2. The number of Topliss-reactive ketones (excluding diaryl/α,β-unsaturated/α-hetero) is 1. The van der Waals surface area contributed by atoms with Crippen molar-refractivity contribution in [1.29, 1.82) is 0 Å². The molecular formula is C19H17ClN2O4S. The molecule has 0 aliphatic heterocycles. The van der Waals surface area contributed by atoms with Gasteiger partial charge in [-0.2, -0.15) is 0 Å². The number of ketones is 1. The highest BCUT2D eigenvalue weighted by Crippen LogP contribution is 2.25. The van der Waals surface area contributed by atoms with E-state index in [0.29, 0.717) is 34.1 Å². The Morgan fingerprint density at radius 1 is 1.11 bits per heavy atom.